The number of rotatable bonds is 2. The average molecular weight is 183 g/mol. The van der Waals surface area contributed by atoms with E-state index >= 15 is 0 Å². The standard InChI is InChI=1S/C8H7ClN2O/c1-12-8-7(9)4-6(2-3-10)5-11-8/h4-5H,2H2,1H3. The smallest absolute Gasteiger partial charge is 0.232 e. The zero-order valence-corrected chi connectivity index (χ0v) is 7.30. The maximum Gasteiger partial charge on any atom is 0.232 e. The lowest BCUT2D eigenvalue weighted by Crippen LogP contribution is -1.90. The van der Waals surface area contributed by atoms with E-state index in [1.807, 2.05) is 6.07 Å². The van der Waals surface area contributed by atoms with Crippen molar-refractivity contribution in [2.75, 3.05) is 7.11 Å². The first kappa shape index (κ1) is 8.82. The van der Waals surface area contributed by atoms with Gasteiger partial charge in [0.25, 0.3) is 0 Å². The minimum atomic E-state index is 0.316. The first-order valence-electron chi connectivity index (χ1n) is 3.33. The summed E-state index contributed by atoms with van der Waals surface area (Å²) in [5.74, 6) is 0.387. The van der Waals surface area contributed by atoms with Crippen LogP contribution in [0.4, 0.5) is 0 Å². The van der Waals surface area contributed by atoms with Crippen LogP contribution in [0.25, 0.3) is 0 Å². The Morgan fingerprint density at radius 1 is 1.75 bits per heavy atom. The first-order valence-corrected chi connectivity index (χ1v) is 3.71. The summed E-state index contributed by atoms with van der Waals surface area (Å²) in [6.45, 7) is 0. The number of halogens is 1. The van der Waals surface area contributed by atoms with Gasteiger partial charge in [0, 0.05) is 6.20 Å². The fraction of sp³-hybridized carbons (Fsp3) is 0.250. The molecule has 0 bridgehead atoms. The second-order valence-electron chi connectivity index (χ2n) is 2.17. The number of hydrogen-bond acceptors (Lipinski definition) is 3. The number of nitrogens with zero attached hydrogens (tertiary/aromatic N) is 2. The molecule has 0 spiro atoms. The van der Waals surface area contributed by atoms with E-state index in [4.69, 9.17) is 21.6 Å². The van der Waals surface area contributed by atoms with Crippen LogP contribution in [0, 0.1) is 11.3 Å². The third-order valence-corrected chi connectivity index (χ3v) is 1.61. The van der Waals surface area contributed by atoms with Crippen molar-refractivity contribution in [1.29, 1.82) is 5.26 Å². The van der Waals surface area contributed by atoms with Crippen LogP contribution in [0.2, 0.25) is 5.02 Å². The van der Waals surface area contributed by atoms with Gasteiger partial charge in [-0.25, -0.2) is 4.98 Å². The van der Waals surface area contributed by atoms with Gasteiger partial charge in [-0.1, -0.05) is 11.6 Å². The van der Waals surface area contributed by atoms with Crippen molar-refractivity contribution in [1.82, 2.24) is 4.98 Å². The van der Waals surface area contributed by atoms with Gasteiger partial charge in [0.1, 0.15) is 5.02 Å². The lowest BCUT2D eigenvalue weighted by atomic mass is 10.2. The van der Waals surface area contributed by atoms with Gasteiger partial charge >= 0.3 is 0 Å². The lowest BCUT2D eigenvalue weighted by molar-refractivity contribution is 0.398. The van der Waals surface area contributed by atoms with Crippen LogP contribution in [-0.4, -0.2) is 12.1 Å². The number of nitriles is 1. The maximum absolute atomic E-state index is 8.38. The van der Waals surface area contributed by atoms with Gasteiger partial charge in [-0.2, -0.15) is 5.26 Å². The fourth-order valence-electron chi connectivity index (χ4n) is 0.803. The molecular formula is C8H7ClN2O. The van der Waals surface area contributed by atoms with E-state index in [-0.39, 0.29) is 0 Å². The number of methoxy groups -OCH3 is 1. The number of pyridine rings is 1. The highest BCUT2D eigenvalue weighted by molar-refractivity contribution is 6.31. The summed E-state index contributed by atoms with van der Waals surface area (Å²) in [4.78, 5) is 3.91. The van der Waals surface area contributed by atoms with Gasteiger partial charge in [-0.15, -0.1) is 0 Å². The highest BCUT2D eigenvalue weighted by atomic mass is 35.5. The molecule has 0 aliphatic heterocycles. The molecule has 4 heteroatoms. The Bertz CT molecular complexity index is 319. The monoisotopic (exact) mass is 182 g/mol. The second-order valence-corrected chi connectivity index (χ2v) is 2.58. The number of ether oxygens (including phenoxy) is 1. The normalized spacial score (nSPS) is 9.08. The molecular weight excluding hydrogens is 176 g/mol. The molecule has 12 heavy (non-hydrogen) atoms. The molecule has 0 aliphatic carbocycles. The molecule has 0 atom stereocenters. The van der Waals surface area contributed by atoms with E-state index in [1.54, 1.807) is 12.3 Å². The van der Waals surface area contributed by atoms with Crippen LogP contribution in [-0.2, 0) is 6.42 Å². The second kappa shape index (κ2) is 3.93. The van der Waals surface area contributed by atoms with Gasteiger partial charge in [-0.05, 0) is 11.6 Å². The van der Waals surface area contributed by atoms with Gasteiger partial charge in [0.2, 0.25) is 5.88 Å². The molecule has 0 amide bonds. The zero-order valence-electron chi connectivity index (χ0n) is 6.54. The molecule has 3 nitrogen and oxygen atoms in total. The third-order valence-electron chi connectivity index (χ3n) is 1.34. The Morgan fingerprint density at radius 3 is 3.00 bits per heavy atom. The Kier molecular flexibility index (Phi) is 2.89. The van der Waals surface area contributed by atoms with Crippen LogP contribution in [0.15, 0.2) is 12.3 Å². The van der Waals surface area contributed by atoms with Crippen molar-refractivity contribution in [2.45, 2.75) is 6.42 Å². The predicted octanol–water partition coefficient (Wildman–Crippen LogP) is 1.81. The van der Waals surface area contributed by atoms with Gasteiger partial charge in [0.05, 0.1) is 19.6 Å². The summed E-state index contributed by atoms with van der Waals surface area (Å²) in [6.07, 6.45) is 1.89. The maximum atomic E-state index is 8.38. The molecule has 1 aromatic heterocycles. The van der Waals surface area contributed by atoms with Crippen molar-refractivity contribution in [3.8, 4) is 11.9 Å². The number of hydrogen-bond donors (Lipinski definition) is 0. The lowest BCUT2D eigenvalue weighted by Gasteiger charge is -2.01. The molecule has 0 aromatic carbocycles. The molecule has 0 N–H and O–H groups in total. The minimum absolute atomic E-state index is 0.316. The Morgan fingerprint density at radius 2 is 2.50 bits per heavy atom. The van der Waals surface area contributed by atoms with Crippen LogP contribution in [0.3, 0.4) is 0 Å². The molecule has 1 rings (SSSR count). The van der Waals surface area contributed by atoms with E-state index in [1.165, 1.54) is 7.11 Å². The highest BCUT2D eigenvalue weighted by Crippen LogP contribution is 2.21. The Hall–Kier alpha value is -1.27. The van der Waals surface area contributed by atoms with Crippen LogP contribution in [0.5, 0.6) is 5.88 Å². The van der Waals surface area contributed by atoms with E-state index in [9.17, 15) is 0 Å². The van der Waals surface area contributed by atoms with E-state index in [2.05, 4.69) is 4.98 Å². The third kappa shape index (κ3) is 1.86. The van der Waals surface area contributed by atoms with Gasteiger partial charge < -0.3 is 4.74 Å². The zero-order chi connectivity index (χ0) is 8.97. The van der Waals surface area contributed by atoms with E-state index < -0.39 is 0 Å². The fourth-order valence-corrected chi connectivity index (χ4v) is 1.07. The molecule has 0 unspecified atom stereocenters. The predicted molar refractivity (Wildman–Crippen MR) is 45.1 cm³/mol. The van der Waals surface area contributed by atoms with E-state index in [0.29, 0.717) is 17.3 Å². The quantitative estimate of drug-likeness (QED) is 0.701. The van der Waals surface area contributed by atoms with Gasteiger partial charge in [-0.3, -0.25) is 0 Å². The van der Waals surface area contributed by atoms with Crippen LogP contribution in [0.1, 0.15) is 5.56 Å². The summed E-state index contributed by atoms with van der Waals surface area (Å²) in [6, 6.07) is 3.69. The minimum Gasteiger partial charge on any atom is -0.480 e. The largest absolute Gasteiger partial charge is 0.480 e. The average Bonchev–Trinajstić information content (AvgIpc) is 2.05. The summed E-state index contributed by atoms with van der Waals surface area (Å²) >= 11 is 5.77. The van der Waals surface area contributed by atoms with Crippen molar-refractivity contribution in [3.05, 3.63) is 22.8 Å². The van der Waals surface area contributed by atoms with Gasteiger partial charge in [0.15, 0.2) is 0 Å². The topological polar surface area (TPSA) is 45.9 Å². The summed E-state index contributed by atoms with van der Waals surface area (Å²) < 4.78 is 4.85. The first-order chi connectivity index (χ1) is 5.77. The Labute approximate surface area is 75.6 Å². The van der Waals surface area contributed by atoms with Crippen molar-refractivity contribution in [2.24, 2.45) is 0 Å². The molecule has 1 aromatic rings. The molecule has 62 valence electrons. The highest BCUT2D eigenvalue weighted by Gasteiger charge is 2.02. The molecule has 0 fully saturated rings. The summed E-state index contributed by atoms with van der Waals surface area (Å²) in [7, 11) is 1.50. The van der Waals surface area contributed by atoms with Crippen molar-refractivity contribution >= 4 is 11.6 Å². The van der Waals surface area contributed by atoms with Crippen molar-refractivity contribution < 1.29 is 4.74 Å². The van der Waals surface area contributed by atoms with E-state index in [0.717, 1.165) is 5.56 Å². The molecule has 0 aliphatic rings. The molecule has 1 heterocycles. The van der Waals surface area contributed by atoms with Crippen LogP contribution >= 0.6 is 11.6 Å². The van der Waals surface area contributed by atoms with Crippen LogP contribution < -0.4 is 4.74 Å². The number of aromatic nitrogens is 1. The molecule has 0 radical (unpaired) electrons. The summed E-state index contributed by atoms with van der Waals surface area (Å²) in [5, 5.41) is 8.82. The SMILES string of the molecule is COc1ncc(CC#N)cc1Cl. The van der Waals surface area contributed by atoms with Crippen molar-refractivity contribution in [3.63, 3.8) is 0 Å². The Balaban J connectivity index is 2.95. The molecule has 0 saturated carbocycles. The molecule has 0 saturated heterocycles. The summed E-state index contributed by atoms with van der Waals surface area (Å²) in [5.41, 5.74) is 0.795.